The average Bonchev–Trinajstić information content (AvgIpc) is 2.52. The predicted octanol–water partition coefficient (Wildman–Crippen LogP) is 3.43. The van der Waals surface area contributed by atoms with Crippen LogP contribution in [0.3, 0.4) is 0 Å². The Kier molecular flexibility index (Phi) is 7.00. The Balaban J connectivity index is 1.95. The Morgan fingerprint density at radius 2 is 2.08 bits per heavy atom. The second-order valence-electron chi connectivity index (χ2n) is 6.69. The molecule has 0 N–H and O–H groups in total. The molecule has 8 heteroatoms. The molecule has 0 aromatic heterocycles. The molecular weight excluding hydrogens is 385 g/mol. The van der Waals surface area contributed by atoms with Crippen LogP contribution in [0.1, 0.15) is 26.7 Å². The van der Waals surface area contributed by atoms with Gasteiger partial charge < -0.3 is 9.64 Å². The maximum Gasteiger partial charge on any atom is 0.260 e. The van der Waals surface area contributed by atoms with Gasteiger partial charge in [-0.1, -0.05) is 37.0 Å². The average molecular weight is 408 g/mol. The van der Waals surface area contributed by atoms with E-state index in [0.717, 1.165) is 0 Å². The number of hydrogen-bond donors (Lipinski definition) is 0. The lowest BCUT2D eigenvalue weighted by atomic mass is 10.1. The summed E-state index contributed by atoms with van der Waals surface area (Å²) in [6.45, 7) is 4.36. The van der Waals surface area contributed by atoms with Gasteiger partial charge in [0.15, 0.2) is 16.4 Å². The van der Waals surface area contributed by atoms with E-state index in [4.69, 9.17) is 27.9 Å². The Morgan fingerprint density at radius 1 is 1.36 bits per heavy atom. The number of benzene rings is 1. The fraction of sp³-hybridized carbons (Fsp3) is 0.588. The zero-order valence-electron chi connectivity index (χ0n) is 14.4. The lowest BCUT2D eigenvalue weighted by molar-refractivity contribution is -0.134. The Morgan fingerprint density at radius 3 is 2.72 bits per heavy atom. The predicted molar refractivity (Wildman–Crippen MR) is 100 cm³/mol. The highest BCUT2D eigenvalue weighted by molar-refractivity contribution is 7.92. The molecular formula is C17H23Cl2NO4S. The normalized spacial score (nSPS) is 18.4. The molecule has 1 amide bonds. The van der Waals surface area contributed by atoms with E-state index in [2.05, 4.69) is 0 Å². The molecule has 1 fully saturated rings. The number of sulfone groups is 1. The van der Waals surface area contributed by atoms with E-state index in [1.165, 1.54) is 0 Å². The summed E-state index contributed by atoms with van der Waals surface area (Å²) >= 11 is 11.8. The van der Waals surface area contributed by atoms with Gasteiger partial charge in [-0.25, -0.2) is 8.42 Å². The molecule has 140 valence electrons. The van der Waals surface area contributed by atoms with Crippen LogP contribution in [0.25, 0.3) is 0 Å². The van der Waals surface area contributed by atoms with E-state index >= 15 is 0 Å². The Labute approximate surface area is 159 Å². The number of ether oxygens (including phenoxy) is 1. The smallest absolute Gasteiger partial charge is 0.260 e. The molecule has 1 heterocycles. The van der Waals surface area contributed by atoms with E-state index < -0.39 is 15.1 Å². The fourth-order valence-electron chi connectivity index (χ4n) is 2.88. The highest BCUT2D eigenvalue weighted by Crippen LogP contribution is 2.27. The topological polar surface area (TPSA) is 63.7 Å². The molecule has 0 radical (unpaired) electrons. The first kappa shape index (κ1) is 20.3. The minimum Gasteiger partial charge on any atom is -0.482 e. The first-order chi connectivity index (χ1) is 11.7. The number of likely N-dealkylation sites (tertiary alicyclic amines) is 1. The molecule has 1 aromatic carbocycles. The zero-order chi connectivity index (χ0) is 18.6. The highest BCUT2D eigenvalue weighted by Gasteiger charge is 2.33. The van der Waals surface area contributed by atoms with Crippen molar-refractivity contribution in [3.63, 3.8) is 0 Å². The summed E-state index contributed by atoms with van der Waals surface area (Å²) in [5, 5.41) is 0.320. The van der Waals surface area contributed by atoms with Gasteiger partial charge in [0, 0.05) is 18.1 Å². The minimum atomic E-state index is -3.20. The molecule has 0 spiro atoms. The molecule has 1 saturated heterocycles. The van der Waals surface area contributed by atoms with Gasteiger partial charge in [0.1, 0.15) is 5.75 Å². The van der Waals surface area contributed by atoms with Crippen molar-refractivity contribution in [1.29, 1.82) is 0 Å². The largest absolute Gasteiger partial charge is 0.482 e. The van der Waals surface area contributed by atoms with Crippen molar-refractivity contribution in [3.05, 3.63) is 28.2 Å². The number of amides is 1. The number of carbonyl (C=O) groups excluding carboxylic acids is 1. The summed E-state index contributed by atoms with van der Waals surface area (Å²) in [6, 6.07) is 4.77. The first-order valence-corrected chi connectivity index (χ1v) is 10.7. The van der Waals surface area contributed by atoms with Crippen LogP contribution in [0.2, 0.25) is 10.0 Å². The van der Waals surface area contributed by atoms with Crippen LogP contribution in [0.15, 0.2) is 18.2 Å². The van der Waals surface area contributed by atoms with Crippen LogP contribution in [-0.2, 0) is 14.6 Å². The Hall–Kier alpha value is -0.980. The summed E-state index contributed by atoms with van der Waals surface area (Å²) in [6.07, 6.45) is 1.28. The van der Waals surface area contributed by atoms with Gasteiger partial charge in [0.2, 0.25) is 0 Å². The standard InChI is InChI=1S/C17H23Cl2NO4S/c1-12(2)11-25(22,23)14-4-3-7-20(9-14)17(21)10-24-16-6-5-13(18)8-15(16)19/h5-6,8,12,14H,3-4,7,9-11H2,1-2H3/t14-/m0/s1. The molecule has 0 unspecified atom stereocenters. The van der Waals surface area contributed by atoms with Crippen molar-refractivity contribution < 1.29 is 17.9 Å². The van der Waals surface area contributed by atoms with E-state index in [9.17, 15) is 13.2 Å². The molecule has 1 aliphatic rings. The van der Waals surface area contributed by atoms with Crippen molar-refractivity contribution in [2.24, 2.45) is 5.92 Å². The van der Waals surface area contributed by atoms with Crippen LogP contribution < -0.4 is 4.74 Å². The molecule has 0 aliphatic carbocycles. The van der Waals surface area contributed by atoms with E-state index in [1.807, 2.05) is 13.8 Å². The quantitative estimate of drug-likeness (QED) is 0.724. The molecule has 1 aliphatic heterocycles. The first-order valence-electron chi connectivity index (χ1n) is 8.26. The summed E-state index contributed by atoms with van der Waals surface area (Å²) in [5.41, 5.74) is 0. The Bertz CT molecular complexity index is 721. The fourth-order valence-corrected chi connectivity index (χ4v) is 5.48. The van der Waals surface area contributed by atoms with Gasteiger partial charge in [-0.05, 0) is 37.0 Å². The molecule has 0 saturated carbocycles. The highest BCUT2D eigenvalue weighted by atomic mass is 35.5. The summed E-state index contributed by atoms with van der Waals surface area (Å²) in [5.74, 6) is 0.360. The van der Waals surface area contributed by atoms with E-state index in [1.54, 1.807) is 23.1 Å². The summed E-state index contributed by atoms with van der Waals surface area (Å²) in [4.78, 5) is 13.9. The molecule has 0 bridgehead atoms. The van der Waals surface area contributed by atoms with Gasteiger partial charge >= 0.3 is 0 Å². The third-order valence-electron chi connectivity index (χ3n) is 4.05. The molecule has 5 nitrogen and oxygen atoms in total. The van der Waals surface area contributed by atoms with Crippen molar-refractivity contribution in [2.75, 3.05) is 25.4 Å². The van der Waals surface area contributed by atoms with Crippen LogP contribution >= 0.6 is 23.2 Å². The summed E-state index contributed by atoms with van der Waals surface area (Å²) in [7, 11) is -3.20. The van der Waals surface area contributed by atoms with E-state index in [0.29, 0.717) is 35.2 Å². The number of halogens is 2. The lowest BCUT2D eigenvalue weighted by Crippen LogP contribution is -2.47. The van der Waals surface area contributed by atoms with Crippen molar-refractivity contribution in [2.45, 2.75) is 31.9 Å². The maximum atomic E-state index is 12.4. The van der Waals surface area contributed by atoms with Crippen molar-refractivity contribution >= 4 is 38.9 Å². The van der Waals surface area contributed by atoms with Gasteiger partial charge in [-0.2, -0.15) is 0 Å². The lowest BCUT2D eigenvalue weighted by Gasteiger charge is -2.32. The van der Waals surface area contributed by atoms with Gasteiger partial charge in [-0.15, -0.1) is 0 Å². The third-order valence-corrected chi connectivity index (χ3v) is 7.11. The summed E-state index contributed by atoms with van der Waals surface area (Å²) < 4.78 is 30.3. The molecule has 2 rings (SSSR count). The second kappa shape index (κ2) is 8.60. The number of rotatable bonds is 6. The van der Waals surface area contributed by atoms with Gasteiger partial charge in [0.05, 0.1) is 16.0 Å². The van der Waals surface area contributed by atoms with Gasteiger partial charge in [0.25, 0.3) is 5.91 Å². The second-order valence-corrected chi connectivity index (χ2v) is 9.86. The van der Waals surface area contributed by atoms with Crippen LogP contribution in [0.5, 0.6) is 5.75 Å². The van der Waals surface area contributed by atoms with E-state index in [-0.39, 0.29) is 30.7 Å². The number of hydrogen-bond acceptors (Lipinski definition) is 4. The molecule has 25 heavy (non-hydrogen) atoms. The number of carbonyl (C=O) groups is 1. The molecule has 1 aromatic rings. The van der Waals surface area contributed by atoms with Crippen molar-refractivity contribution in [1.82, 2.24) is 4.90 Å². The third kappa shape index (κ3) is 5.76. The molecule has 1 atom stereocenters. The monoisotopic (exact) mass is 407 g/mol. The minimum absolute atomic E-state index is 0.0754. The van der Waals surface area contributed by atoms with Crippen LogP contribution in [0.4, 0.5) is 0 Å². The van der Waals surface area contributed by atoms with Gasteiger partial charge in [-0.3, -0.25) is 4.79 Å². The van der Waals surface area contributed by atoms with Crippen LogP contribution in [-0.4, -0.2) is 49.9 Å². The zero-order valence-corrected chi connectivity index (χ0v) is 16.7. The number of nitrogens with zero attached hydrogens (tertiary/aromatic N) is 1. The van der Waals surface area contributed by atoms with Crippen molar-refractivity contribution in [3.8, 4) is 5.75 Å². The van der Waals surface area contributed by atoms with Crippen LogP contribution in [0, 0.1) is 5.92 Å². The SMILES string of the molecule is CC(C)CS(=O)(=O)[C@H]1CCCN(C(=O)COc2ccc(Cl)cc2Cl)C1. The number of piperidine rings is 1. The maximum absolute atomic E-state index is 12.4.